The van der Waals surface area contributed by atoms with Crippen molar-refractivity contribution in [1.29, 1.82) is 0 Å². The zero-order valence-electron chi connectivity index (χ0n) is 8.52. The van der Waals surface area contributed by atoms with Crippen LogP contribution in [0.25, 0.3) is 0 Å². The molecule has 0 unspecified atom stereocenters. The summed E-state index contributed by atoms with van der Waals surface area (Å²) in [4.78, 5) is 11.6. The highest BCUT2D eigenvalue weighted by atomic mass is 16.7. The summed E-state index contributed by atoms with van der Waals surface area (Å²) in [6.45, 7) is 1.20. The molecule has 1 saturated heterocycles. The zero-order valence-corrected chi connectivity index (χ0v) is 8.52. The van der Waals surface area contributed by atoms with Gasteiger partial charge in [-0.1, -0.05) is 30.3 Å². The van der Waals surface area contributed by atoms with E-state index in [1.807, 2.05) is 30.3 Å². The summed E-state index contributed by atoms with van der Waals surface area (Å²) in [5.74, 6) is 0.160. The fraction of sp³-hybridized carbons (Fsp3) is 0.417. The quantitative estimate of drug-likeness (QED) is 0.750. The number of hydrogen-bond donors (Lipinski definition) is 0. The third-order valence-electron chi connectivity index (χ3n) is 2.33. The first kappa shape index (κ1) is 10.3. The second-order valence-corrected chi connectivity index (χ2v) is 3.58. The molecule has 3 nitrogen and oxygen atoms in total. The molecule has 0 saturated carbocycles. The van der Waals surface area contributed by atoms with E-state index in [4.69, 9.17) is 9.47 Å². The first-order valence-electron chi connectivity index (χ1n) is 5.13. The van der Waals surface area contributed by atoms with Crippen LogP contribution in [-0.2, 0) is 20.7 Å². The Balaban J connectivity index is 1.82. The summed E-state index contributed by atoms with van der Waals surface area (Å²) >= 11 is 0. The van der Waals surface area contributed by atoms with Crippen LogP contribution in [0.15, 0.2) is 30.3 Å². The Morgan fingerprint density at radius 1 is 1.20 bits per heavy atom. The third-order valence-corrected chi connectivity index (χ3v) is 2.33. The second-order valence-electron chi connectivity index (χ2n) is 3.58. The van der Waals surface area contributed by atoms with E-state index in [2.05, 4.69) is 0 Å². The topological polar surface area (TPSA) is 35.5 Å². The molecule has 0 atom stereocenters. The number of ether oxygens (including phenoxy) is 2. The van der Waals surface area contributed by atoms with Crippen LogP contribution in [-0.4, -0.2) is 25.3 Å². The van der Waals surface area contributed by atoms with Crippen LogP contribution in [0.3, 0.4) is 0 Å². The van der Waals surface area contributed by atoms with Crippen molar-refractivity contribution < 1.29 is 14.3 Å². The number of carbonyl (C=O) groups excluding carboxylic acids is 1. The molecule has 0 amide bonds. The Morgan fingerprint density at radius 2 is 1.87 bits per heavy atom. The van der Waals surface area contributed by atoms with E-state index in [1.165, 1.54) is 0 Å². The lowest BCUT2D eigenvalue weighted by molar-refractivity contribution is -0.126. The molecule has 1 fully saturated rings. The maximum atomic E-state index is 11.6. The molecule has 0 aliphatic carbocycles. The fourth-order valence-corrected chi connectivity index (χ4v) is 1.61. The van der Waals surface area contributed by atoms with Crippen molar-refractivity contribution in [2.45, 2.75) is 19.1 Å². The third kappa shape index (κ3) is 3.15. The normalized spacial score (nSPS) is 16.8. The van der Waals surface area contributed by atoms with Crippen LogP contribution in [0, 0.1) is 0 Å². The van der Waals surface area contributed by atoms with Gasteiger partial charge < -0.3 is 9.47 Å². The Labute approximate surface area is 89.0 Å². The molecule has 0 aromatic heterocycles. The molecule has 0 N–H and O–H groups in total. The fourth-order valence-electron chi connectivity index (χ4n) is 1.61. The highest BCUT2D eigenvalue weighted by Crippen LogP contribution is 2.10. The summed E-state index contributed by atoms with van der Waals surface area (Å²) < 4.78 is 10.4. The Morgan fingerprint density at radius 3 is 2.53 bits per heavy atom. The van der Waals surface area contributed by atoms with Gasteiger partial charge in [-0.3, -0.25) is 4.79 Å². The standard InChI is InChI=1S/C12H14O3/c13-11(9-12-14-6-7-15-12)8-10-4-2-1-3-5-10/h1-5,12H,6-9H2. The Bertz CT molecular complexity index is 315. The number of hydrogen-bond acceptors (Lipinski definition) is 3. The summed E-state index contributed by atoms with van der Waals surface area (Å²) in [7, 11) is 0. The maximum Gasteiger partial charge on any atom is 0.164 e. The van der Waals surface area contributed by atoms with E-state index in [0.29, 0.717) is 26.1 Å². The largest absolute Gasteiger partial charge is 0.350 e. The highest BCUT2D eigenvalue weighted by Gasteiger charge is 2.19. The van der Waals surface area contributed by atoms with Crippen molar-refractivity contribution in [3.63, 3.8) is 0 Å². The molecule has 1 heterocycles. The van der Waals surface area contributed by atoms with Gasteiger partial charge in [0.05, 0.1) is 19.6 Å². The molecule has 15 heavy (non-hydrogen) atoms. The van der Waals surface area contributed by atoms with E-state index in [0.717, 1.165) is 5.56 Å². The minimum Gasteiger partial charge on any atom is -0.350 e. The summed E-state index contributed by atoms with van der Waals surface area (Å²) in [5.41, 5.74) is 1.04. The van der Waals surface area contributed by atoms with Crippen LogP contribution in [0.5, 0.6) is 0 Å². The van der Waals surface area contributed by atoms with Crippen LogP contribution in [0.2, 0.25) is 0 Å². The lowest BCUT2D eigenvalue weighted by atomic mass is 10.1. The van der Waals surface area contributed by atoms with Gasteiger partial charge in [-0.05, 0) is 5.56 Å². The first-order valence-corrected chi connectivity index (χ1v) is 5.13. The zero-order chi connectivity index (χ0) is 10.5. The smallest absolute Gasteiger partial charge is 0.164 e. The van der Waals surface area contributed by atoms with Crippen molar-refractivity contribution in [1.82, 2.24) is 0 Å². The van der Waals surface area contributed by atoms with Crippen LogP contribution in [0.1, 0.15) is 12.0 Å². The molecular weight excluding hydrogens is 192 g/mol. The Kier molecular flexibility index (Phi) is 3.48. The lowest BCUT2D eigenvalue weighted by Crippen LogP contribution is -2.15. The number of ketones is 1. The molecule has 2 rings (SSSR count). The van der Waals surface area contributed by atoms with Crippen molar-refractivity contribution in [3.05, 3.63) is 35.9 Å². The Hall–Kier alpha value is -1.19. The molecule has 80 valence electrons. The minimum absolute atomic E-state index is 0.160. The van der Waals surface area contributed by atoms with Crippen molar-refractivity contribution >= 4 is 5.78 Å². The highest BCUT2D eigenvalue weighted by molar-refractivity contribution is 5.81. The van der Waals surface area contributed by atoms with Gasteiger partial charge in [0, 0.05) is 6.42 Å². The molecule has 1 aliphatic rings. The van der Waals surface area contributed by atoms with E-state index in [-0.39, 0.29) is 12.1 Å². The van der Waals surface area contributed by atoms with Crippen LogP contribution >= 0.6 is 0 Å². The van der Waals surface area contributed by atoms with Gasteiger partial charge >= 0.3 is 0 Å². The van der Waals surface area contributed by atoms with E-state index in [9.17, 15) is 4.79 Å². The average Bonchev–Trinajstić information content (AvgIpc) is 2.71. The monoisotopic (exact) mass is 206 g/mol. The molecule has 1 aromatic rings. The second kappa shape index (κ2) is 5.05. The van der Waals surface area contributed by atoms with E-state index < -0.39 is 0 Å². The van der Waals surface area contributed by atoms with Crippen LogP contribution in [0.4, 0.5) is 0 Å². The first-order chi connectivity index (χ1) is 7.34. The molecule has 0 radical (unpaired) electrons. The maximum absolute atomic E-state index is 11.6. The van der Waals surface area contributed by atoms with Crippen LogP contribution < -0.4 is 0 Å². The van der Waals surface area contributed by atoms with Gasteiger partial charge in [0.25, 0.3) is 0 Å². The lowest BCUT2D eigenvalue weighted by Gasteiger charge is -2.07. The van der Waals surface area contributed by atoms with Gasteiger partial charge in [-0.2, -0.15) is 0 Å². The van der Waals surface area contributed by atoms with Crippen molar-refractivity contribution in [2.75, 3.05) is 13.2 Å². The molecule has 0 spiro atoms. The van der Waals surface area contributed by atoms with E-state index in [1.54, 1.807) is 0 Å². The summed E-state index contributed by atoms with van der Waals surface area (Å²) in [6, 6.07) is 9.72. The molecular formula is C12H14O3. The minimum atomic E-state index is -0.318. The van der Waals surface area contributed by atoms with Crippen molar-refractivity contribution in [3.8, 4) is 0 Å². The predicted octanol–water partition coefficient (Wildman–Crippen LogP) is 1.56. The van der Waals surface area contributed by atoms with Gasteiger partial charge in [0.2, 0.25) is 0 Å². The number of rotatable bonds is 4. The van der Waals surface area contributed by atoms with Gasteiger partial charge in [-0.15, -0.1) is 0 Å². The van der Waals surface area contributed by atoms with Gasteiger partial charge in [0.15, 0.2) is 6.29 Å². The average molecular weight is 206 g/mol. The molecule has 1 aliphatic heterocycles. The van der Waals surface area contributed by atoms with Gasteiger partial charge in [0.1, 0.15) is 5.78 Å². The molecule has 3 heteroatoms. The number of carbonyl (C=O) groups is 1. The van der Waals surface area contributed by atoms with E-state index >= 15 is 0 Å². The number of Topliss-reactive ketones (excluding diaryl/α,β-unsaturated/α-hetero) is 1. The molecule has 0 bridgehead atoms. The SMILES string of the molecule is O=C(Cc1ccccc1)CC1OCCO1. The van der Waals surface area contributed by atoms with Crippen molar-refractivity contribution in [2.24, 2.45) is 0 Å². The summed E-state index contributed by atoms with van der Waals surface area (Å²) in [6.07, 6.45) is 0.500. The van der Waals surface area contributed by atoms with Gasteiger partial charge in [-0.25, -0.2) is 0 Å². The number of benzene rings is 1. The molecule has 1 aromatic carbocycles. The predicted molar refractivity (Wildman–Crippen MR) is 55.5 cm³/mol. The summed E-state index contributed by atoms with van der Waals surface area (Å²) in [5, 5.41) is 0.